The summed E-state index contributed by atoms with van der Waals surface area (Å²) in [7, 11) is 1.96. The number of aryl methyl sites for hydroxylation is 3. The van der Waals surface area contributed by atoms with Crippen LogP contribution in [0.15, 0.2) is 24.3 Å². The molecular formula is C22H31N3O. The quantitative estimate of drug-likeness (QED) is 0.901. The van der Waals surface area contributed by atoms with Crippen molar-refractivity contribution in [2.45, 2.75) is 59.9 Å². The van der Waals surface area contributed by atoms with Crippen LogP contribution in [0.2, 0.25) is 0 Å². The lowest BCUT2D eigenvalue weighted by Gasteiger charge is -2.41. The van der Waals surface area contributed by atoms with Crippen molar-refractivity contribution in [3.8, 4) is 0 Å². The Kier molecular flexibility index (Phi) is 4.96. The van der Waals surface area contributed by atoms with E-state index in [9.17, 15) is 4.79 Å². The van der Waals surface area contributed by atoms with Gasteiger partial charge in [0, 0.05) is 18.7 Å². The SMILES string of the molecule is Cc1nn(C)c(C)c1C[C@@H](C)C(=O)N[C@@H]1c2ccccc2CCC1(C)C. The molecule has 1 aliphatic carbocycles. The minimum atomic E-state index is -0.0820. The highest BCUT2D eigenvalue weighted by Crippen LogP contribution is 2.43. The summed E-state index contributed by atoms with van der Waals surface area (Å²) in [5.74, 6) is 0.0453. The van der Waals surface area contributed by atoms with E-state index in [1.807, 2.05) is 25.6 Å². The molecule has 2 aromatic rings. The lowest BCUT2D eigenvalue weighted by Crippen LogP contribution is -2.43. The van der Waals surface area contributed by atoms with Crippen molar-refractivity contribution in [3.05, 3.63) is 52.3 Å². The number of carbonyl (C=O) groups excluding carboxylic acids is 1. The Morgan fingerprint density at radius 3 is 2.69 bits per heavy atom. The van der Waals surface area contributed by atoms with Gasteiger partial charge in [-0.05, 0) is 55.2 Å². The first-order valence-electron chi connectivity index (χ1n) is 9.58. The van der Waals surface area contributed by atoms with Crippen molar-refractivity contribution < 1.29 is 4.79 Å². The van der Waals surface area contributed by atoms with Crippen LogP contribution < -0.4 is 5.32 Å². The van der Waals surface area contributed by atoms with Gasteiger partial charge in [0.1, 0.15) is 0 Å². The van der Waals surface area contributed by atoms with E-state index in [0.29, 0.717) is 0 Å². The maximum atomic E-state index is 13.0. The number of rotatable bonds is 4. The van der Waals surface area contributed by atoms with Gasteiger partial charge < -0.3 is 5.32 Å². The second-order valence-electron chi connectivity index (χ2n) is 8.51. The summed E-state index contributed by atoms with van der Waals surface area (Å²) in [4.78, 5) is 13.0. The molecule has 1 amide bonds. The molecule has 1 aliphatic rings. The molecular weight excluding hydrogens is 322 g/mol. The largest absolute Gasteiger partial charge is 0.349 e. The van der Waals surface area contributed by atoms with Crippen LogP contribution in [0.4, 0.5) is 0 Å². The van der Waals surface area contributed by atoms with Gasteiger partial charge in [-0.1, -0.05) is 45.0 Å². The van der Waals surface area contributed by atoms with Crippen molar-refractivity contribution in [2.75, 3.05) is 0 Å². The zero-order valence-corrected chi connectivity index (χ0v) is 16.9. The molecule has 1 aromatic carbocycles. The van der Waals surface area contributed by atoms with Crippen LogP contribution in [-0.2, 0) is 24.7 Å². The normalized spacial score (nSPS) is 19.7. The summed E-state index contributed by atoms with van der Waals surface area (Å²) in [6.45, 7) is 10.6. The molecule has 0 aliphatic heterocycles. The third kappa shape index (κ3) is 3.42. The highest BCUT2D eigenvalue weighted by Gasteiger charge is 2.37. The molecule has 1 heterocycles. The molecule has 2 atom stereocenters. The van der Waals surface area contributed by atoms with Gasteiger partial charge in [-0.25, -0.2) is 0 Å². The number of benzene rings is 1. The Hall–Kier alpha value is -2.10. The van der Waals surface area contributed by atoms with E-state index in [2.05, 4.69) is 55.5 Å². The first-order valence-corrected chi connectivity index (χ1v) is 9.58. The zero-order chi connectivity index (χ0) is 19.1. The molecule has 1 N–H and O–H groups in total. The molecule has 26 heavy (non-hydrogen) atoms. The molecule has 4 nitrogen and oxygen atoms in total. The molecule has 140 valence electrons. The molecule has 0 saturated heterocycles. The monoisotopic (exact) mass is 353 g/mol. The maximum absolute atomic E-state index is 13.0. The van der Waals surface area contributed by atoms with E-state index in [4.69, 9.17) is 0 Å². The van der Waals surface area contributed by atoms with Crippen molar-refractivity contribution in [1.82, 2.24) is 15.1 Å². The van der Waals surface area contributed by atoms with E-state index in [-0.39, 0.29) is 23.3 Å². The van der Waals surface area contributed by atoms with E-state index >= 15 is 0 Å². The van der Waals surface area contributed by atoms with Gasteiger partial charge in [0.25, 0.3) is 0 Å². The van der Waals surface area contributed by atoms with Crippen LogP contribution in [0.3, 0.4) is 0 Å². The van der Waals surface area contributed by atoms with Gasteiger partial charge in [-0.3, -0.25) is 9.48 Å². The summed E-state index contributed by atoms with van der Waals surface area (Å²) in [5.41, 5.74) is 6.06. The molecule has 0 radical (unpaired) electrons. The van der Waals surface area contributed by atoms with E-state index in [1.165, 1.54) is 16.7 Å². The second kappa shape index (κ2) is 6.90. The number of aromatic nitrogens is 2. The lowest BCUT2D eigenvalue weighted by atomic mass is 9.70. The Balaban J connectivity index is 1.78. The van der Waals surface area contributed by atoms with Crippen LogP contribution in [0.1, 0.15) is 61.3 Å². The second-order valence-corrected chi connectivity index (χ2v) is 8.51. The summed E-state index contributed by atoms with van der Waals surface area (Å²) >= 11 is 0. The fourth-order valence-electron chi connectivity index (χ4n) is 4.14. The average molecular weight is 354 g/mol. The molecule has 4 heteroatoms. The fourth-order valence-corrected chi connectivity index (χ4v) is 4.14. The Morgan fingerprint density at radius 2 is 2.04 bits per heavy atom. The van der Waals surface area contributed by atoms with Crippen LogP contribution in [0.25, 0.3) is 0 Å². The molecule has 1 aromatic heterocycles. The van der Waals surface area contributed by atoms with Crippen LogP contribution >= 0.6 is 0 Å². The summed E-state index contributed by atoms with van der Waals surface area (Å²) < 4.78 is 1.90. The molecule has 3 rings (SSSR count). The summed E-state index contributed by atoms with van der Waals surface area (Å²) in [6.07, 6.45) is 2.90. The van der Waals surface area contributed by atoms with Crippen LogP contribution in [0, 0.1) is 25.2 Å². The zero-order valence-electron chi connectivity index (χ0n) is 16.9. The molecule has 0 unspecified atom stereocenters. The number of hydrogen-bond donors (Lipinski definition) is 1. The predicted octanol–water partition coefficient (Wildman–Crippen LogP) is 4.05. The third-order valence-electron chi connectivity index (χ3n) is 6.09. The standard InChI is InChI=1S/C22H31N3O/c1-14(13-19-15(2)24-25(6)16(19)3)21(26)23-20-18-10-8-7-9-17(18)11-12-22(20,4)5/h7-10,14,20H,11-13H2,1-6H3,(H,23,26)/t14-,20-/m1/s1. The smallest absolute Gasteiger partial charge is 0.223 e. The van der Waals surface area contributed by atoms with E-state index < -0.39 is 0 Å². The van der Waals surface area contributed by atoms with E-state index in [1.54, 1.807) is 0 Å². The molecule has 0 fully saturated rings. The van der Waals surface area contributed by atoms with Gasteiger partial charge in [-0.2, -0.15) is 5.10 Å². The highest BCUT2D eigenvalue weighted by molar-refractivity contribution is 5.79. The number of carbonyl (C=O) groups is 1. The summed E-state index contributed by atoms with van der Waals surface area (Å²) in [5, 5.41) is 7.84. The van der Waals surface area contributed by atoms with Crippen molar-refractivity contribution in [2.24, 2.45) is 18.4 Å². The number of fused-ring (bicyclic) bond motifs is 1. The fraction of sp³-hybridized carbons (Fsp3) is 0.545. The number of nitrogens with zero attached hydrogens (tertiary/aromatic N) is 2. The van der Waals surface area contributed by atoms with Crippen LogP contribution in [-0.4, -0.2) is 15.7 Å². The van der Waals surface area contributed by atoms with Gasteiger partial charge >= 0.3 is 0 Å². The topological polar surface area (TPSA) is 46.9 Å². The average Bonchev–Trinajstić information content (AvgIpc) is 2.83. The van der Waals surface area contributed by atoms with Gasteiger partial charge in [0.15, 0.2) is 0 Å². The predicted molar refractivity (Wildman–Crippen MR) is 105 cm³/mol. The van der Waals surface area contributed by atoms with Crippen molar-refractivity contribution >= 4 is 5.91 Å². The Labute approximate surface area is 157 Å². The minimum Gasteiger partial charge on any atom is -0.349 e. The lowest BCUT2D eigenvalue weighted by molar-refractivity contribution is -0.126. The van der Waals surface area contributed by atoms with E-state index in [0.717, 1.165) is 30.7 Å². The van der Waals surface area contributed by atoms with Gasteiger partial charge in [0.05, 0.1) is 11.7 Å². The molecule has 0 saturated carbocycles. The Morgan fingerprint density at radius 1 is 1.35 bits per heavy atom. The third-order valence-corrected chi connectivity index (χ3v) is 6.09. The number of nitrogens with one attached hydrogen (secondary N) is 1. The first kappa shape index (κ1) is 18.7. The first-order chi connectivity index (χ1) is 12.2. The van der Waals surface area contributed by atoms with Crippen molar-refractivity contribution in [1.29, 1.82) is 0 Å². The molecule has 0 bridgehead atoms. The maximum Gasteiger partial charge on any atom is 0.223 e. The minimum absolute atomic E-state index is 0.0594. The summed E-state index contributed by atoms with van der Waals surface area (Å²) in [6, 6.07) is 8.59. The van der Waals surface area contributed by atoms with Crippen LogP contribution in [0.5, 0.6) is 0 Å². The highest BCUT2D eigenvalue weighted by atomic mass is 16.1. The Bertz CT molecular complexity index is 819. The molecule has 0 spiro atoms. The van der Waals surface area contributed by atoms with Gasteiger partial charge in [-0.15, -0.1) is 0 Å². The number of amides is 1. The van der Waals surface area contributed by atoms with Crippen molar-refractivity contribution in [3.63, 3.8) is 0 Å². The number of hydrogen-bond acceptors (Lipinski definition) is 2. The van der Waals surface area contributed by atoms with Gasteiger partial charge in [0.2, 0.25) is 5.91 Å².